The summed E-state index contributed by atoms with van der Waals surface area (Å²) in [6, 6.07) is 17.9. The molecule has 0 N–H and O–H groups in total. The van der Waals surface area contributed by atoms with Gasteiger partial charge in [-0.25, -0.2) is 0 Å². The normalized spacial score (nSPS) is 13.1. The highest BCUT2D eigenvalue weighted by Crippen LogP contribution is 2.20. The van der Waals surface area contributed by atoms with Gasteiger partial charge in [-0.05, 0) is 36.3 Å². The first-order valence-corrected chi connectivity index (χ1v) is 8.17. The zero-order valence-corrected chi connectivity index (χ0v) is 13.7. The number of para-hydroxylation sites is 1. The first-order chi connectivity index (χ1) is 11.8. The molecule has 1 aromatic heterocycles. The average Bonchev–Trinajstić information content (AvgIpc) is 3.03. The number of halogens is 1. The molecule has 0 fully saturated rings. The van der Waals surface area contributed by atoms with Gasteiger partial charge in [0, 0.05) is 29.4 Å². The number of hydrogen-bond donors (Lipinski definition) is 0. The Morgan fingerprint density at radius 2 is 1.79 bits per heavy atom. The molecule has 0 unspecified atom stereocenters. The molecule has 0 radical (unpaired) electrons. The molecule has 0 saturated carbocycles. The van der Waals surface area contributed by atoms with Gasteiger partial charge in [-0.1, -0.05) is 41.8 Å². The van der Waals surface area contributed by atoms with Crippen LogP contribution in [0.5, 0.6) is 0 Å². The van der Waals surface area contributed by atoms with Crippen LogP contribution in [0.25, 0.3) is 0 Å². The third-order valence-corrected chi connectivity index (χ3v) is 4.25. The van der Waals surface area contributed by atoms with Crippen LogP contribution in [0.1, 0.15) is 17.2 Å². The van der Waals surface area contributed by atoms with E-state index in [2.05, 4.69) is 55.8 Å². The molecule has 2 heterocycles. The maximum absolute atomic E-state index is 5.99. The molecule has 0 spiro atoms. The summed E-state index contributed by atoms with van der Waals surface area (Å²) in [5, 5.41) is 9.23. The number of anilines is 1. The van der Waals surface area contributed by atoms with Crippen molar-refractivity contribution in [1.29, 1.82) is 0 Å². The third-order valence-electron chi connectivity index (χ3n) is 4.02. The summed E-state index contributed by atoms with van der Waals surface area (Å²) in [5.41, 5.74) is 2.08. The topological polar surface area (TPSA) is 34.0 Å². The van der Waals surface area contributed by atoms with E-state index >= 15 is 0 Å². The zero-order chi connectivity index (χ0) is 16.4. The van der Waals surface area contributed by atoms with E-state index in [-0.39, 0.29) is 0 Å². The van der Waals surface area contributed by atoms with Crippen LogP contribution in [0.2, 0.25) is 5.02 Å². The largest absolute Gasteiger partial charge is 0.362 e. The van der Waals surface area contributed by atoms with Crippen LogP contribution < -0.4 is 4.90 Å². The second-order valence-electron chi connectivity index (χ2n) is 5.61. The van der Waals surface area contributed by atoms with Gasteiger partial charge in [0.15, 0.2) is 5.82 Å². The summed E-state index contributed by atoms with van der Waals surface area (Å²) < 4.78 is 2.09. The van der Waals surface area contributed by atoms with Gasteiger partial charge in [-0.2, -0.15) is 0 Å². The Morgan fingerprint density at radius 3 is 2.62 bits per heavy atom. The number of rotatable bonds is 1. The molecule has 118 valence electrons. The molecule has 5 heteroatoms. The number of benzene rings is 2. The maximum Gasteiger partial charge on any atom is 0.208 e. The first-order valence-electron chi connectivity index (χ1n) is 7.79. The monoisotopic (exact) mass is 334 g/mol. The lowest BCUT2D eigenvalue weighted by molar-refractivity contribution is 0.557. The summed E-state index contributed by atoms with van der Waals surface area (Å²) in [5.74, 6) is 7.87. The molecule has 0 amide bonds. The molecule has 2 aromatic carbocycles. The van der Waals surface area contributed by atoms with Crippen molar-refractivity contribution in [2.24, 2.45) is 0 Å². The molecule has 0 aliphatic carbocycles. The summed E-state index contributed by atoms with van der Waals surface area (Å²) in [6.45, 7) is 2.49. The van der Waals surface area contributed by atoms with Gasteiger partial charge in [0.05, 0.1) is 6.54 Å². The Labute approximate surface area is 145 Å². The lowest BCUT2D eigenvalue weighted by Crippen LogP contribution is -2.34. The highest BCUT2D eigenvalue weighted by Gasteiger charge is 2.20. The summed E-state index contributed by atoms with van der Waals surface area (Å²) in [6.07, 6.45) is 0. The van der Waals surface area contributed by atoms with Crippen molar-refractivity contribution in [3.63, 3.8) is 0 Å². The fraction of sp³-hybridized carbons (Fsp3) is 0.158. The molecular formula is C19H15ClN4. The van der Waals surface area contributed by atoms with Crippen molar-refractivity contribution in [2.45, 2.75) is 13.1 Å². The van der Waals surface area contributed by atoms with Gasteiger partial charge in [-0.3, -0.25) is 0 Å². The predicted octanol–water partition coefficient (Wildman–Crippen LogP) is 3.35. The number of nitrogens with zero attached hydrogens (tertiary/aromatic N) is 4. The van der Waals surface area contributed by atoms with Gasteiger partial charge < -0.3 is 9.47 Å². The van der Waals surface area contributed by atoms with Crippen molar-refractivity contribution < 1.29 is 0 Å². The minimum absolute atomic E-state index is 0.684. The second-order valence-corrected chi connectivity index (χ2v) is 6.05. The Kier molecular flexibility index (Phi) is 3.94. The molecule has 1 aliphatic rings. The molecule has 24 heavy (non-hydrogen) atoms. The minimum Gasteiger partial charge on any atom is -0.362 e. The highest BCUT2D eigenvalue weighted by molar-refractivity contribution is 6.30. The fourth-order valence-electron chi connectivity index (χ4n) is 2.80. The van der Waals surface area contributed by atoms with Gasteiger partial charge >= 0.3 is 0 Å². The van der Waals surface area contributed by atoms with E-state index in [4.69, 9.17) is 11.6 Å². The summed E-state index contributed by atoms with van der Waals surface area (Å²) in [7, 11) is 0. The van der Waals surface area contributed by atoms with Crippen molar-refractivity contribution >= 4 is 17.3 Å². The molecule has 0 bridgehead atoms. The third kappa shape index (κ3) is 2.99. The van der Waals surface area contributed by atoms with Crippen LogP contribution in [0, 0.1) is 11.8 Å². The van der Waals surface area contributed by atoms with E-state index < -0.39 is 0 Å². The van der Waals surface area contributed by atoms with Crippen LogP contribution in [-0.2, 0) is 13.1 Å². The highest BCUT2D eigenvalue weighted by atomic mass is 35.5. The van der Waals surface area contributed by atoms with Crippen LogP contribution in [0.3, 0.4) is 0 Å². The molecule has 4 nitrogen and oxygen atoms in total. The van der Waals surface area contributed by atoms with Crippen LogP contribution in [-0.4, -0.2) is 21.3 Å². The lowest BCUT2D eigenvalue weighted by atomic mass is 10.2. The fourth-order valence-corrected chi connectivity index (χ4v) is 2.99. The standard InChI is InChI=1S/C19H15ClN4/c20-16-6-4-5-15(13-16)9-10-18-21-22-19-14-23(11-12-24(18)19)17-7-2-1-3-8-17/h1-8,13H,11-12,14H2. The van der Waals surface area contributed by atoms with Crippen molar-refractivity contribution in [1.82, 2.24) is 14.8 Å². The van der Waals surface area contributed by atoms with Gasteiger partial charge in [0.25, 0.3) is 0 Å². The molecule has 4 rings (SSSR count). The molecular weight excluding hydrogens is 320 g/mol. The molecule has 0 atom stereocenters. The second kappa shape index (κ2) is 6.38. The van der Waals surface area contributed by atoms with Gasteiger partial charge in [0.1, 0.15) is 0 Å². The van der Waals surface area contributed by atoms with E-state index in [0.717, 1.165) is 31.0 Å². The van der Waals surface area contributed by atoms with E-state index in [1.54, 1.807) is 0 Å². The van der Waals surface area contributed by atoms with Crippen LogP contribution in [0.4, 0.5) is 5.69 Å². The van der Waals surface area contributed by atoms with Gasteiger partial charge in [0.2, 0.25) is 5.82 Å². The lowest BCUT2D eigenvalue weighted by Gasteiger charge is -2.29. The van der Waals surface area contributed by atoms with E-state index in [1.807, 2.05) is 30.3 Å². The van der Waals surface area contributed by atoms with Gasteiger partial charge in [-0.15, -0.1) is 10.2 Å². The van der Waals surface area contributed by atoms with Crippen LogP contribution in [0.15, 0.2) is 54.6 Å². The molecule has 3 aromatic rings. The number of fused-ring (bicyclic) bond motifs is 1. The van der Waals surface area contributed by atoms with Crippen molar-refractivity contribution in [2.75, 3.05) is 11.4 Å². The average molecular weight is 335 g/mol. The zero-order valence-electron chi connectivity index (χ0n) is 13.0. The van der Waals surface area contributed by atoms with Crippen molar-refractivity contribution in [3.05, 3.63) is 76.8 Å². The minimum atomic E-state index is 0.684. The van der Waals surface area contributed by atoms with Crippen molar-refractivity contribution in [3.8, 4) is 11.8 Å². The SMILES string of the molecule is Clc1cccc(C#Cc2nnc3n2CCN(c2ccccc2)C3)c1. The Bertz CT molecular complexity index is 921. The van der Waals surface area contributed by atoms with E-state index in [1.165, 1.54) is 5.69 Å². The number of aromatic nitrogens is 3. The van der Waals surface area contributed by atoms with Crippen LogP contribution >= 0.6 is 11.6 Å². The summed E-state index contributed by atoms with van der Waals surface area (Å²) in [4.78, 5) is 2.30. The maximum atomic E-state index is 5.99. The Morgan fingerprint density at radius 1 is 0.917 bits per heavy atom. The predicted molar refractivity (Wildman–Crippen MR) is 94.9 cm³/mol. The Balaban J connectivity index is 1.57. The molecule has 1 aliphatic heterocycles. The quantitative estimate of drug-likeness (QED) is 0.640. The summed E-state index contributed by atoms with van der Waals surface area (Å²) >= 11 is 5.99. The number of hydrogen-bond acceptors (Lipinski definition) is 3. The van der Waals surface area contributed by atoms with E-state index in [0.29, 0.717) is 10.8 Å². The first kappa shape index (κ1) is 14.8. The smallest absolute Gasteiger partial charge is 0.208 e. The van der Waals surface area contributed by atoms with E-state index in [9.17, 15) is 0 Å². The molecule has 0 saturated heterocycles. The Hall–Kier alpha value is -2.77.